The highest BCUT2D eigenvalue weighted by Gasteiger charge is 2.27. The summed E-state index contributed by atoms with van der Waals surface area (Å²) in [4.78, 5) is 2.56. The maximum atomic E-state index is 5.53. The molecule has 0 aromatic heterocycles. The van der Waals surface area contributed by atoms with Gasteiger partial charge in [0.05, 0.1) is 13.2 Å². The molecule has 3 aliphatic rings. The van der Waals surface area contributed by atoms with Crippen molar-refractivity contribution in [3.63, 3.8) is 0 Å². The molecule has 1 saturated heterocycles. The Morgan fingerprint density at radius 1 is 0.714 bits per heavy atom. The summed E-state index contributed by atoms with van der Waals surface area (Å²) < 4.78 is 5.53. The van der Waals surface area contributed by atoms with Crippen LogP contribution in [0.3, 0.4) is 0 Å². The summed E-state index contributed by atoms with van der Waals surface area (Å²) in [6.07, 6.45) is 14.2. The van der Waals surface area contributed by atoms with Gasteiger partial charge in [-0.05, 0) is 25.7 Å². The lowest BCUT2D eigenvalue weighted by Crippen LogP contribution is -2.62. The van der Waals surface area contributed by atoms with Crippen LogP contribution >= 0.6 is 0 Å². The summed E-state index contributed by atoms with van der Waals surface area (Å²) in [5.41, 5.74) is 0. The van der Waals surface area contributed by atoms with Crippen molar-refractivity contribution in [3.05, 3.63) is 0 Å². The van der Waals surface area contributed by atoms with E-state index in [1.807, 2.05) is 0 Å². The zero-order valence-corrected chi connectivity index (χ0v) is 13.5. The molecule has 3 fully saturated rings. The van der Waals surface area contributed by atoms with Crippen molar-refractivity contribution in [2.24, 2.45) is 0 Å². The van der Waals surface area contributed by atoms with Gasteiger partial charge in [0.1, 0.15) is 6.29 Å². The van der Waals surface area contributed by atoms with Gasteiger partial charge in [-0.1, -0.05) is 38.5 Å². The van der Waals surface area contributed by atoms with E-state index in [0.29, 0.717) is 18.4 Å². The predicted octanol–water partition coefficient (Wildman–Crippen LogP) is 2.45. The molecule has 2 aliphatic carbocycles. The molecular formula is C17H33N3O. The monoisotopic (exact) mass is 295 g/mol. The summed E-state index contributed by atoms with van der Waals surface area (Å²) >= 11 is 0. The molecule has 0 aromatic carbocycles. The average molecular weight is 295 g/mol. The van der Waals surface area contributed by atoms with Crippen molar-refractivity contribution in [1.82, 2.24) is 15.5 Å². The maximum Gasteiger partial charge on any atom is 0.115 e. The number of ether oxygens (including phenoxy) is 1. The van der Waals surface area contributed by atoms with E-state index in [0.717, 1.165) is 26.3 Å². The second-order valence-corrected chi connectivity index (χ2v) is 7.05. The first-order valence-electron chi connectivity index (χ1n) is 9.26. The number of hydrogen-bond acceptors (Lipinski definition) is 4. The molecule has 2 N–H and O–H groups in total. The summed E-state index contributed by atoms with van der Waals surface area (Å²) in [5.74, 6) is 0. The molecule has 1 aliphatic heterocycles. The Bertz CT molecular complexity index is 262. The lowest BCUT2D eigenvalue weighted by atomic mass is 9.94. The average Bonchev–Trinajstić information content (AvgIpc) is 2.57. The van der Waals surface area contributed by atoms with Gasteiger partial charge in [0, 0.05) is 25.2 Å². The van der Waals surface area contributed by atoms with Crippen molar-refractivity contribution in [1.29, 1.82) is 0 Å². The molecule has 0 radical (unpaired) electrons. The lowest BCUT2D eigenvalue weighted by molar-refractivity contribution is -0.00949. The molecule has 2 saturated carbocycles. The Morgan fingerprint density at radius 3 is 1.67 bits per heavy atom. The number of nitrogens with one attached hydrogen (secondary N) is 2. The Morgan fingerprint density at radius 2 is 1.19 bits per heavy atom. The molecule has 4 nitrogen and oxygen atoms in total. The first-order valence-corrected chi connectivity index (χ1v) is 9.26. The van der Waals surface area contributed by atoms with Crippen molar-refractivity contribution < 1.29 is 4.74 Å². The number of hydrogen-bond donors (Lipinski definition) is 2. The van der Waals surface area contributed by atoms with Crippen LogP contribution < -0.4 is 10.6 Å². The zero-order valence-electron chi connectivity index (χ0n) is 13.5. The molecule has 3 rings (SSSR count). The van der Waals surface area contributed by atoms with E-state index in [1.54, 1.807) is 0 Å². The largest absolute Gasteiger partial charge is 0.379 e. The Hall–Kier alpha value is -0.160. The van der Waals surface area contributed by atoms with Crippen molar-refractivity contribution in [3.8, 4) is 0 Å². The molecule has 0 atom stereocenters. The van der Waals surface area contributed by atoms with E-state index >= 15 is 0 Å². The highest BCUT2D eigenvalue weighted by molar-refractivity contribution is 4.82. The van der Waals surface area contributed by atoms with Crippen LogP contribution in [0.1, 0.15) is 64.2 Å². The van der Waals surface area contributed by atoms with Crippen LogP contribution in [0.4, 0.5) is 0 Å². The van der Waals surface area contributed by atoms with Crippen LogP contribution in [0, 0.1) is 0 Å². The second-order valence-electron chi connectivity index (χ2n) is 7.05. The van der Waals surface area contributed by atoms with Gasteiger partial charge < -0.3 is 4.74 Å². The van der Waals surface area contributed by atoms with Crippen LogP contribution in [0.15, 0.2) is 0 Å². The van der Waals surface area contributed by atoms with Crippen LogP contribution in [0.2, 0.25) is 0 Å². The van der Waals surface area contributed by atoms with Gasteiger partial charge >= 0.3 is 0 Å². The molecular weight excluding hydrogens is 262 g/mol. The molecule has 0 spiro atoms. The minimum absolute atomic E-state index is 0.361. The molecule has 122 valence electrons. The fourth-order valence-corrected chi connectivity index (χ4v) is 4.08. The van der Waals surface area contributed by atoms with E-state index in [4.69, 9.17) is 4.74 Å². The third kappa shape index (κ3) is 4.92. The van der Waals surface area contributed by atoms with Gasteiger partial charge in [0.25, 0.3) is 0 Å². The lowest BCUT2D eigenvalue weighted by Gasteiger charge is -2.41. The van der Waals surface area contributed by atoms with Gasteiger partial charge in [0.2, 0.25) is 0 Å². The Balaban J connectivity index is 1.55. The normalized spacial score (nSPS) is 27.3. The van der Waals surface area contributed by atoms with Crippen molar-refractivity contribution in [2.75, 3.05) is 26.3 Å². The predicted molar refractivity (Wildman–Crippen MR) is 86.2 cm³/mol. The fourth-order valence-electron chi connectivity index (χ4n) is 4.08. The summed E-state index contributed by atoms with van der Waals surface area (Å²) in [5, 5.41) is 7.86. The smallest absolute Gasteiger partial charge is 0.115 e. The summed E-state index contributed by atoms with van der Waals surface area (Å²) in [6.45, 7) is 3.89. The zero-order chi connectivity index (χ0) is 14.3. The summed E-state index contributed by atoms with van der Waals surface area (Å²) in [6, 6.07) is 1.42. The highest BCUT2D eigenvalue weighted by atomic mass is 16.5. The Labute approximate surface area is 130 Å². The van der Waals surface area contributed by atoms with Crippen LogP contribution in [0.5, 0.6) is 0 Å². The van der Waals surface area contributed by atoms with E-state index in [-0.39, 0.29) is 0 Å². The molecule has 1 heterocycles. The first-order chi connectivity index (χ1) is 10.4. The number of rotatable bonds is 5. The molecule has 0 unspecified atom stereocenters. The second kappa shape index (κ2) is 8.47. The van der Waals surface area contributed by atoms with Crippen LogP contribution in [0.25, 0.3) is 0 Å². The van der Waals surface area contributed by atoms with Crippen LogP contribution in [-0.2, 0) is 4.74 Å². The van der Waals surface area contributed by atoms with Gasteiger partial charge in [-0.2, -0.15) is 0 Å². The Kier molecular flexibility index (Phi) is 6.34. The molecule has 21 heavy (non-hydrogen) atoms. The van der Waals surface area contributed by atoms with Crippen molar-refractivity contribution in [2.45, 2.75) is 82.6 Å². The minimum Gasteiger partial charge on any atom is -0.379 e. The van der Waals surface area contributed by atoms with E-state index in [2.05, 4.69) is 15.5 Å². The highest BCUT2D eigenvalue weighted by Crippen LogP contribution is 2.20. The maximum absolute atomic E-state index is 5.53. The van der Waals surface area contributed by atoms with Gasteiger partial charge in [-0.3, -0.25) is 15.5 Å². The first kappa shape index (κ1) is 15.7. The minimum atomic E-state index is 0.361. The van der Waals surface area contributed by atoms with Gasteiger partial charge in [-0.25, -0.2) is 0 Å². The molecule has 0 amide bonds. The van der Waals surface area contributed by atoms with E-state index in [9.17, 15) is 0 Å². The standard InChI is InChI=1S/C17H33N3O/c1-3-7-15(8-4-1)18-17(20-11-13-21-14-12-20)19-16-9-5-2-6-10-16/h15-19H,1-14H2. The summed E-state index contributed by atoms with van der Waals surface area (Å²) in [7, 11) is 0. The molecule has 4 heteroatoms. The molecule has 0 aromatic rings. The number of morpholine rings is 1. The van der Waals surface area contributed by atoms with Crippen LogP contribution in [-0.4, -0.2) is 49.6 Å². The topological polar surface area (TPSA) is 36.5 Å². The SMILES string of the molecule is C1CCC(NC(NC2CCCCC2)N2CCOCC2)CC1. The van der Waals surface area contributed by atoms with Gasteiger partial charge in [-0.15, -0.1) is 0 Å². The third-order valence-corrected chi connectivity index (χ3v) is 5.41. The third-order valence-electron chi connectivity index (χ3n) is 5.41. The molecule has 0 bridgehead atoms. The van der Waals surface area contributed by atoms with E-state index in [1.165, 1.54) is 64.2 Å². The van der Waals surface area contributed by atoms with E-state index < -0.39 is 0 Å². The van der Waals surface area contributed by atoms with Crippen molar-refractivity contribution >= 4 is 0 Å². The van der Waals surface area contributed by atoms with Gasteiger partial charge in [0.15, 0.2) is 0 Å². The fraction of sp³-hybridized carbons (Fsp3) is 1.00. The number of nitrogens with zero attached hydrogens (tertiary/aromatic N) is 1. The quantitative estimate of drug-likeness (QED) is 0.764.